The van der Waals surface area contributed by atoms with Crippen molar-refractivity contribution in [3.8, 4) is 0 Å². The summed E-state index contributed by atoms with van der Waals surface area (Å²) < 4.78 is 13.0. The number of halogens is 1. The zero-order chi connectivity index (χ0) is 15.4. The summed E-state index contributed by atoms with van der Waals surface area (Å²) in [6, 6.07) is 5.29. The quantitative estimate of drug-likeness (QED) is 0.827. The van der Waals surface area contributed by atoms with Gasteiger partial charge >= 0.3 is 5.97 Å². The van der Waals surface area contributed by atoms with E-state index < -0.39 is 23.6 Å². The highest BCUT2D eigenvalue weighted by Gasteiger charge is 2.33. The van der Waals surface area contributed by atoms with Gasteiger partial charge in [-0.25, -0.2) is 4.39 Å². The topological polar surface area (TPSA) is 86.7 Å². The molecule has 1 aromatic rings. The van der Waals surface area contributed by atoms with Gasteiger partial charge in [0.2, 0.25) is 5.91 Å². The molecule has 2 amide bonds. The summed E-state index contributed by atoms with van der Waals surface area (Å²) in [7, 11) is 0. The second-order valence-electron chi connectivity index (χ2n) is 4.85. The van der Waals surface area contributed by atoms with E-state index in [0.717, 1.165) is 6.07 Å². The van der Waals surface area contributed by atoms with Gasteiger partial charge in [-0.1, -0.05) is 6.07 Å². The molecule has 0 aromatic heterocycles. The maximum Gasteiger partial charge on any atom is 0.308 e. The fourth-order valence-electron chi connectivity index (χ4n) is 2.19. The van der Waals surface area contributed by atoms with Crippen LogP contribution in [-0.2, 0) is 9.59 Å². The Labute approximate surface area is 120 Å². The molecule has 1 unspecified atom stereocenters. The molecule has 0 spiro atoms. The van der Waals surface area contributed by atoms with E-state index in [1.165, 1.54) is 23.1 Å². The Bertz CT molecular complexity index is 576. The van der Waals surface area contributed by atoms with Crippen LogP contribution in [0, 0.1) is 11.7 Å². The Morgan fingerprint density at radius 3 is 2.81 bits per heavy atom. The molecule has 0 radical (unpaired) electrons. The predicted molar refractivity (Wildman–Crippen MR) is 71.1 cm³/mol. The first kappa shape index (κ1) is 15.0. The van der Waals surface area contributed by atoms with Gasteiger partial charge in [0, 0.05) is 31.6 Å². The highest BCUT2D eigenvalue weighted by molar-refractivity contribution is 5.94. The summed E-state index contributed by atoms with van der Waals surface area (Å²) in [6.45, 7) is 0.584. The van der Waals surface area contributed by atoms with Gasteiger partial charge in [-0.3, -0.25) is 14.4 Å². The molecule has 112 valence electrons. The summed E-state index contributed by atoms with van der Waals surface area (Å²) in [5.74, 6) is -2.84. The van der Waals surface area contributed by atoms with Gasteiger partial charge in [0.25, 0.3) is 5.91 Å². The van der Waals surface area contributed by atoms with Crippen molar-refractivity contribution in [1.82, 2.24) is 10.2 Å². The number of carbonyl (C=O) groups is 3. The number of amides is 2. The van der Waals surface area contributed by atoms with E-state index in [0.29, 0.717) is 0 Å². The van der Waals surface area contributed by atoms with Crippen molar-refractivity contribution in [3.05, 3.63) is 35.6 Å². The van der Waals surface area contributed by atoms with Gasteiger partial charge in [0.1, 0.15) is 5.82 Å². The van der Waals surface area contributed by atoms with Crippen LogP contribution in [-0.4, -0.2) is 47.4 Å². The number of nitrogens with one attached hydrogen (secondary N) is 1. The number of benzene rings is 1. The van der Waals surface area contributed by atoms with Crippen molar-refractivity contribution in [1.29, 1.82) is 0 Å². The van der Waals surface area contributed by atoms with E-state index in [2.05, 4.69) is 5.32 Å². The minimum absolute atomic E-state index is 0.00677. The van der Waals surface area contributed by atoms with Crippen molar-refractivity contribution in [3.63, 3.8) is 0 Å². The third kappa shape index (κ3) is 3.77. The van der Waals surface area contributed by atoms with Crippen LogP contribution in [0.4, 0.5) is 4.39 Å². The Morgan fingerprint density at radius 2 is 2.19 bits per heavy atom. The van der Waals surface area contributed by atoms with E-state index in [1.807, 2.05) is 0 Å². The third-order valence-corrected chi connectivity index (χ3v) is 3.32. The first-order valence-corrected chi connectivity index (χ1v) is 6.51. The van der Waals surface area contributed by atoms with Crippen LogP contribution in [0.1, 0.15) is 16.8 Å². The molecule has 1 heterocycles. The molecule has 1 aliphatic rings. The molecule has 1 aromatic carbocycles. The number of carboxylic acids is 1. The van der Waals surface area contributed by atoms with Gasteiger partial charge in [-0.2, -0.15) is 0 Å². The molecule has 2 rings (SSSR count). The zero-order valence-corrected chi connectivity index (χ0v) is 11.2. The van der Waals surface area contributed by atoms with Crippen LogP contribution in [0.25, 0.3) is 0 Å². The lowest BCUT2D eigenvalue weighted by Crippen LogP contribution is -2.36. The minimum atomic E-state index is -0.991. The summed E-state index contributed by atoms with van der Waals surface area (Å²) in [5.41, 5.74) is 0.200. The highest BCUT2D eigenvalue weighted by atomic mass is 19.1. The molecule has 0 bridgehead atoms. The molecule has 6 nitrogen and oxygen atoms in total. The second kappa shape index (κ2) is 6.34. The van der Waals surface area contributed by atoms with Crippen molar-refractivity contribution in [2.75, 3.05) is 19.6 Å². The van der Waals surface area contributed by atoms with E-state index in [1.54, 1.807) is 0 Å². The van der Waals surface area contributed by atoms with Crippen LogP contribution in [0.2, 0.25) is 0 Å². The monoisotopic (exact) mass is 294 g/mol. The first-order valence-electron chi connectivity index (χ1n) is 6.51. The van der Waals surface area contributed by atoms with Crippen molar-refractivity contribution in [2.24, 2.45) is 5.92 Å². The number of rotatable bonds is 5. The lowest BCUT2D eigenvalue weighted by Gasteiger charge is -2.16. The lowest BCUT2D eigenvalue weighted by molar-refractivity contribution is -0.141. The standard InChI is InChI=1S/C14H15FN2O4/c15-11-3-1-2-9(6-11)13(19)16-4-5-17-8-10(14(20)21)7-12(17)18/h1-3,6,10H,4-5,7-8H2,(H,16,19)(H,20,21). The van der Waals surface area contributed by atoms with Gasteiger partial charge < -0.3 is 15.3 Å². The maximum absolute atomic E-state index is 13.0. The second-order valence-corrected chi connectivity index (χ2v) is 4.85. The van der Waals surface area contributed by atoms with Crippen molar-refractivity contribution < 1.29 is 23.9 Å². The minimum Gasteiger partial charge on any atom is -0.481 e. The Kier molecular flexibility index (Phi) is 4.52. The Balaban J connectivity index is 1.81. The third-order valence-electron chi connectivity index (χ3n) is 3.32. The number of carboxylic acid groups (broad SMARTS) is 1. The van der Waals surface area contributed by atoms with Crippen molar-refractivity contribution >= 4 is 17.8 Å². The van der Waals surface area contributed by atoms with Crippen LogP contribution >= 0.6 is 0 Å². The summed E-state index contributed by atoms with van der Waals surface area (Å²) in [6.07, 6.45) is -0.00677. The lowest BCUT2D eigenvalue weighted by atomic mass is 10.1. The number of carbonyl (C=O) groups excluding carboxylic acids is 2. The zero-order valence-electron chi connectivity index (χ0n) is 11.2. The summed E-state index contributed by atoms with van der Waals surface area (Å²) in [4.78, 5) is 35.5. The van der Waals surface area contributed by atoms with E-state index >= 15 is 0 Å². The van der Waals surface area contributed by atoms with Crippen LogP contribution < -0.4 is 5.32 Å². The molecular formula is C14H15FN2O4. The smallest absolute Gasteiger partial charge is 0.308 e. The molecule has 1 atom stereocenters. The highest BCUT2D eigenvalue weighted by Crippen LogP contribution is 2.17. The van der Waals surface area contributed by atoms with Gasteiger partial charge in [0.05, 0.1) is 5.92 Å². The molecule has 0 aliphatic carbocycles. The van der Waals surface area contributed by atoms with Crippen LogP contribution in [0.3, 0.4) is 0 Å². The van der Waals surface area contributed by atoms with Crippen LogP contribution in [0.15, 0.2) is 24.3 Å². The molecule has 1 fully saturated rings. The van der Waals surface area contributed by atoms with Gasteiger partial charge in [-0.05, 0) is 18.2 Å². The predicted octanol–water partition coefficient (Wildman–Crippen LogP) is 0.489. The summed E-state index contributed by atoms with van der Waals surface area (Å²) in [5, 5.41) is 11.4. The van der Waals surface area contributed by atoms with Gasteiger partial charge in [0.15, 0.2) is 0 Å². The maximum atomic E-state index is 13.0. The Hall–Kier alpha value is -2.44. The molecule has 7 heteroatoms. The molecule has 0 saturated carbocycles. The number of likely N-dealkylation sites (tertiary alicyclic amines) is 1. The first-order chi connectivity index (χ1) is 9.97. The number of hydrogen-bond donors (Lipinski definition) is 2. The van der Waals surface area contributed by atoms with E-state index in [-0.39, 0.29) is 37.5 Å². The number of aliphatic carboxylic acids is 1. The number of hydrogen-bond acceptors (Lipinski definition) is 3. The van der Waals surface area contributed by atoms with Gasteiger partial charge in [-0.15, -0.1) is 0 Å². The van der Waals surface area contributed by atoms with E-state index in [4.69, 9.17) is 5.11 Å². The SMILES string of the molecule is O=C(NCCN1CC(C(=O)O)CC1=O)c1cccc(F)c1. The number of nitrogens with zero attached hydrogens (tertiary/aromatic N) is 1. The Morgan fingerprint density at radius 1 is 1.43 bits per heavy atom. The normalized spacial score (nSPS) is 17.9. The molecule has 1 saturated heterocycles. The molecular weight excluding hydrogens is 279 g/mol. The average molecular weight is 294 g/mol. The fraction of sp³-hybridized carbons (Fsp3) is 0.357. The molecule has 2 N–H and O–H groups in total. The largest absolute Gasteiger partial charge is 0.481 e. The molecule has 1 aliphatic heterocycles. The molecule has 21 heavy (non-hydrogen) atoms. The summed E-state index contributed by atoms with van der Waals surface area (Å²) >= 11 is 0. The fourth-order valence-corrected chi connectivity index (χ4v) is 2.19. The van der Waals surface area contributed by atoms with E-state index in [9.17, 15) is 18.8 Å². The van der Waals surface area contributed by atoms with Crippen molar-refractivity contribution in [2.45, 2.75) is 6.42 Å². The average Bonchev–Trinajstić information content (AvgIpc) is 2.80. The van der Waals surface area contributed by atoms with Crippen LogP contribution in [0.5, 0.6) is 0 Å².